The zero-order chi connectivity index (χ0) is 11.2. The van der Waals surface area contributed by atoms with Crippen molar-refractivity contribution in [3.8, 4) is 5.75 Å². The Morgan fingerprint density at radius 1 is 1.47 bits per heavy atom. The van der Waals surface area contributed by atoms with Crippen LogP contribution < -0.4 is 0 Å². The number of fused-ring (bicyclic) bond motifs is 1. The van der Waals surface area contributed by atoms with Gasteiger partial charge in [0.2, 0.25) is 0 Å². The number of nitrogens with zero attached hydrogens (tertiary/aromatic N) is 2. The van der Waals surface area contributed by atoms with Crippen LogP contribution in [0.5, 0.6) is 5.75 Å². The molecule has 1 heterocycles. The van der Waals surface area contributed by atoms with Crippen LogP contribution in [0.2, 0.25) is 0 Å². The van der Waals surface area contributed by atoms with E-state index in [1.807, 2.05) is 19.3 Å². The monoisotopic (exact) mass is 268 g/mol. The molecule has 0 radical (unpaired) electrons. The first-order chi connectivity index (χ1) is 7.00. The van der Waals surface area contributed by atoms with E-state index in [9.17, 15) is 5.11 Å². The number of aromatic nitrogens is 2. The number of aryl methyl sites for hydroxylation is 1. The smallest absolute Gasteiger partial charge is 0.130 e. The van der Waals surface area contributed by atoms with E-state index >= 15 is 0 Å². The van der Waals surface area contributed by atoms with Gasteiger partial charge in [-0.3, -0.25) is 4.68 Å². The maximum Gasteiger partial charge on any atom is 0.130 e. The number of rotatable bonds is 1. The van der Waals surface area contributed by atoms with Gasteiger partial charge in [0.05, 0.1) is 5.39 Å². The van der Waals surface area contributed by atoms with Gasteiger partial charge in [0, 0.05) is 17.7 Å². The molecule has 2 aromatic rings. The van der Waals surface area contributed by atoms with Gasteiger partial charge in [0.25, 0.3) is 0 Å². The van der Waals surface area contributed by atoms with E-state index in [1.54, 1.807) is 4.68 Å². The quantitative estimate of drug-likeness (QED) is 0.863. The van der Waals surface area contributed by atoms with Crippen molar-refractivity contribution in [1.29, 1.82) is 0 Å². The summed E-state index contributed by atoms with van der Waals surface area (Å²) in [4.78, 5) is 0. The van der Waals surface area contributed by atoms with Crippen LogP contribution in [0.15, 0.2) is 16.7 Å². The van der Waals surface area contributed by atoms with E-state index in [0.29, 0.717) is 11.7 Å². The summed E-state index contributed by atoms with van der Waals surface area (Å²) in [5.74, 6) is 0.641. The molecule has 2 rings (SSSR count). The molecule has 0 aliphatic rings. The Kier molecular flexibility index (Phi) is 2.46. The Morgan fingerprint density at radius 2 is 2.13 bits per heavy atom. The van der Waals surface area contributed by atoms with Crippen molar-refractivity contribution in [2.45, 2.75) is 19.8 Å². The first-order valence-corrected chi connectivity index (χ1v) is 5.64. The number of benzene rings is 1. The summed E-state index contributed by atoms with van der Waals surface area (Å²) in [6, 6.07) is 1.94. The van der Waals surface area contributed by atoms with Gasteiger partial charge in [0.15, 0.2) is 0 Å². The fourth-order valence-electron chi connectivity index (χ4n) is 1.71. The lowest BCUT2D eigenvalue weighted by molar-refractivity contribution is 0.471. The van der Waals surface area contributed by atoms with Gasteiger partial charge in [-0.05, 0) is 33.5 Å². The van der Waals surface area contributed by atoms with E-state index < -0.39 is 0 Å². The second-order valence-corrected chi connectivity index (χ2v) is 4.87. The Bertz CT molecular complexity index is 517. The molecule has 0 saturated carbocycles. The number of phenols is 1. The summed E-state index contributed by atoms with van der Waals surface area (Å²) < 4.78 is 2.64. The molecule has 1 aromatic heterocycles. The van der Waals surface area contributed by atoms with Crippen molar-refractivity contribution in [3.05, 3.63) is 22.3 Å². The van der Waals surface area contributed by atoms with Gasteiger partial charge in [-0.15, -0.1) is 0 Å². The van der Waals surface area contributed by atoms with Crippen LogP contribution in [0.1, 0.15) is 25.3 Å². The minimum absolute atomic E-state index is 0.297. The highest BCUT2D eigenvalue weighted by atomic mass is 79.9. The van der Waals surface area contributed by atoms with Gasteiger partial charge in [-0.2, -0.15) is 5.10 Å². The van der Waals surface area contributed by atoms with Crippen LogP contribution in [-0.2, 0) is 7.05 Å². The molecule has 1 aromatic carbocycles. The molecule has 0 amide bonds. The summed E-state index contributed by atoms with van der Waals surface area (Å²) in [5.41, 5.74) is 1.75. The Hall–Kier alpha value is -1.03. The lowest BCUT2D eigenvalue weighted by Gasteiger charge is -2.09. The minimum atomic E-state index is 0.297. The van der Waals surface area contributed by atoms with Crippen molar-refractivity contribution in [3.63, 3.8) is 0 Å². The lowest BCUT2D eigenvalue weighted by atomic mass is 10.0. The van der Waals surface area contributed by atoms with Crippen molar-refractivity contribution < 1.29 is 5.11 Å². The maximum atomic E-state index is 10.1. The lowest BCUT2D eigenvalue weighted by Crippen LogP contribution is -1.89. The molecule has 0 fully saturated rings. The van der Waals surface area contributed by atoms with E-state index in [2.05, 4.69) is 34.9 Å². The van der Waals surface area contributed by atoms with Gasteiger partial charge in [0.1, 0.15) is 11.3 Å². The standard InChI is InChI=1S/C11H13BrN2O/c1-6(2)7-4-9(12)10-8(11(7)15)5-14(3)13-10/h4-6,15H,1-3H3. The van der Waals surface area contributed by atoms with Crippen LogP contribution in [0.3, 0.4) is 0 Å². The van der Waals surface area contributed by atoms with E-state index in [1.165, 1.54) is 0 Å². The average Bonchev–Trinajstić information content (AvgIpc) is 2.53. The first kappa shape index (κ1) is 10.5. The van der Waals surface area contributed by atoms with E-state index in [4.69, 9.17) is 0 Å². The topological polar surface area (TPSA) is 38.0 Å². The molecule has 3 nitrogen and oxygen atoms in total. The minimum Gasteiger partial charge on any atom is -0.507 e. The molecule has 4 heteroatoms. The number of aromatic hydroxyl groups is 1. The summed E-state index contributed by atoms with van der Waals surface area (Å²) in [7, 11) is 1.85. The zero-order valence-electron chi connectivity index (χ0n) is 8.95. The average molecular weight is 269 g/mol. The van der Waals surface area contributed by atoms with Crippen molar-refractivity contribution in [1.82, 2.24) is 9.78 Å². The van der Waals surface area contributed by atoms with Crippen molar-refractivity contribution in [2.24, 2.45) is 7.05 Å². The normalized spacial score (nSPS) is 11.5. The zero-order valence-corrected chi connectivity index (χ0v) is 10.5. The van der Waals surface area contributed by atoms with E-state index in [0.717, 1.165) is 20.9 Å². The summed E-state index contributed by atoms with van der Waals surface area (Å²) in [6.07, 6.45) is 1.83. The molecular weight excluding hydrogens is 256 g/mol. The third-order valence-electron chi connectivity index (χ3n) is 2.49. The molecule has 1 N–H and O–H groups in total. The van der Waals surface area contributed by atoms with E-state index in [-0.39, 0.29) is 0 Å². The molecule has 0 unspecified atom stereocenters. The van der Waals surface area contributed by atoms with Gasteiger partial charge in [-0.25, -0.2) is 0 Å². The van der Waals surface area contributed by atoms with Gasteiger partial charge in [-0.1, -0.05) is 13.8 Å². The van der Waals surface area contributed by atoms with Gasteiger partial charge >= 0.3 is 0 Å². The molecule has 0 bridgehead atoms. The Morgan fingerprint density at radius 3 is 2.73 bits per heavy atom. The van der Waals surface area contributed by atoms with Crippen LogP contribution in [0.25, 0.3) is 10.9 Å². The largest absolute Gasteiger partial charge is 0.507 e. The molecule has 0 saturated heterocycles. The summed E-state index contributed by atoms with van der Waals surface area (Å²) in [5, 5.41) is 15.2. The van der Waals surface area contributed by atoms with Crippen LogP contribution >= 0.6 is 15.9 Å². The molecule has 80 valence electrons. The first-order valence-electron chi connectivity index (χ1n) is 4.85. The second-order valence-electron chi connectivity index (χ2n) is 4.02. The third kappa shape index (κ3) is 1.63. The van der Waals surface area contributed by atoms with Crippen LogP contribution in [-0.4, -0.2) is 14.9 Å². The fourth-order valence-corrected chi connectivity index (χ4v) is 2.25. The van der Waals surface area contributed by atoms with Crippen LogP contribution in [0, 0.1) is 0 Å². The molecule has 0 atom stereocenters. The summed E-state index contributed by atoms with van der Waals surface area (Å²) >= 11 is 3.48. The molecule has 0 aliphatic heterocycles. The van der Waals surface area contributed by atoms with Crippen molar-refractivity contribution >= 4 is 26.8 Å². The molecular formula is C11H13BrN2O. The van der Waals surface area contributed by atoms with Crippen molar-refractivity contribution in [2.75, 3.05) is 0 Å². The molecule has 15 heavy (non-hydrogen) atoms. The maximum absolute atomic E-state index is 10.1. The third-order valence-corrected chi connectivity index (χ3v) is 3.09. The summed E-state index contributed by atoms with van der Waals surface area (Å²) in [6.45, 7) is 4.12. The number of hydrogen-bond donors (Lipinski definition) is 1. The Balaban J connectivity index is 2.83. The number of phenolic OH excluding ortho intramolecular Hbond substituents is 1. The van der Waals surface area contributed by atoms with Gasteiger partial charge < -0.3 is 5.11 Å². The number of halogens is 1. The highest BCUT2D eigenvalue weighted by Gasteiger charge is 2.14. The predicted octanol–water partition coefficient (Wildman–Crippen LogP) is 3.16. The Labute approximate surface area is 96.8 Å². The molecule has 0 spiro atoms. The SMILES string of the molecule is CC(C)c1cc(Br)c2nn(C)cc2c1O. The predicted molar refractivity (Wildman–Crippen MR) is 64.2 cm³/mol. The van der Waals surface area contributed by atoms with Crippen LogP contribution in [0.4, 0.5) is 0 Å². The second kappa shape index (κ2) is 3.52. The molecule has 0 aliphatic carbocycles. The number of hydrogen-bond acceptors (Lipinski definition) is 2. The fraction of sp³-hybridized carbons (Fsp3) is 0.364. The highest BCUT2D eigenvalue weighted by Crippen LogP contribution is 2.37. The highest BCUT2D eigenvalue weighted by molar-refractivity contribution is 9.10.